The van der Waals surface area contributed by atoms with Gasteiger partial charge in [-0.25, -0.2) is 0 Å². The summed E-state index contributed by atoms with van der Waals surface area (Å²) >= 11 is 3.40. The summed E-state index contributed by atoms with van der Waals surface area (Å²) in [6, 6.07) is 12.5. The minimum Gasteiger partial charge on any atom is -0.480 e. The van der Waals surface area contributed by atoms with Gasteiger partial charge in [-0.2, -0.15) is 0 Å². The first-order chi connectivity index (χ1) is 12.4. The number of halogens is 1. The van der Waals surface area contributed by atoms with Crippen LogP contribution in [0.25, 0.3) is 0 Å². The number of carbonyl (C=O) groups is 2. The summed E-state index contributed by atoms with van der Waals surface area (Å²) in [4.78, 5) is 24.1. The molecule has 0 aliphatic carbocycles. The monoisotopic (exact) mass is 414 g/mol. The van der Waals surface area contributed by atoms with Crippen LogP contribution in [0.2, 0.25) is 0 Å². The molecule has 0 radical (unpaired) electrons. The highest BCUT2D eigenvalue weighted by Crippen LogP contribution is 2.26. The summed E-state index contributed by atoms with van der Waals surface area (Å²) in [5.41, 5.74) is 2.32. The molecule has 0 saturated heterocycles. The van der Waals surface area contributed by atoms with Crippen molar-refractivity contribution in [3.63, 3.8) is 0 Å². The third-order valence-electron chi connectivity index (χ3n) is 3.50. The zero-order valence-corrected chi connectivity index (χ0v) is 16.1. The van der Waals surface area contributed by atoms with E-state index in [2.05, 4.69) is 32.5 Å². The summed E-state index contributed by atoms with van der Waals surface area (Å²) in [6.45, 7) is 3.42. The molecule has 0 saturated carbocycles. The lowest BCUT2D eigenvalue weighted by Crippen LogP contribution is -2.40. The Hall–Kier alpha value is -2.78. The van der Waals surface area contributed by atoms with E-state index < -0.39 is 6.10 Å². The van der Waals surface area contributed by atoms with Gasteiger partial charge < -0.3 is 15.4 Å². The molecule has 0 spiro atoms. The second-order valence-electron chi connectivity index (χ2n) is 5.69. The van der Waals surface area contributed by atoms with E-state index >= 15 is 0 Å². The van der Waals surface area contributed by atoms with Crippen molar-refractivity contribution in [1.29, 1.82) is 0 Å². The molecule has 6 heteroatoms. The van der Waals surface area contributed by atoms with Gasteiger partial charge in [-0.05, 0) is 65.7 Å². The van der Waals surface area contributed by atoms with E-state index in [1.54, 1.807) is 37.3 Å². The van der Waals surface area contributed by atoms with Gasteiger partial charge in [-0.1, -0.05) is 18.1 Å². The molecular weight excluding hydrogens is 396 g/mol. The molecule has 5 nitrogen and oxygen atoms in total. The first-order valence-electron chi connectivity index (χ1n) is 7.96. The minimum atomic E-state index is -0.744. The van der Waals surface area contributed by atoms with Crippen LogP contribution >= 0.6 is 15.9 Å². The number of terminal acetylenes is 1. The van der Waals surface area contributed by atoms with Crippen LogP contribution in [0.3, 0.4) is 0 Å². The van der Waals surface area contributed by atoms with Gasteiger partial charge in [0.05, 0.1) is 11.0 Å². The Morgan fingerprint density at radius 1 is 1.27 bits per heavy atom. The lowest BCUT2D eigenvalue weighted by Gasteiger charge is -2.16. The van der Waals surface area contributed by atoms with E-state index in [-0.39, 0.29) is 18.4 Å². The van der Waals surface area contributed by atoms with Gasteiger partial charge in [0.25, 0.3) is 5.91 Å². The maximum Gasteiger partial charge on any atom is 0.261 e. The normalized spacial score (nSPS) is 11.2. The van der Waals surface area contributed by atoms with E-state index in [1.807, 2.05) is 19.1 Å². The molecule has 0 aliphatic rings. The van der Waals surface area contributed by atoms with Gasteiger partial charge in [0.15, 0.2) is 6.10 Å². The second kappa shape index (κ2) is 9.07. The van der Waals surface area contributed by atoms with Gasteiger partial charge in [0, 0.05) is 11.3 Å². The number of benzene rings is 2. The minimum absolute atomic E-state index is 0.165. The van der Waals surface area contributed by atoms with E-state index in [4.69, 9.17) is 11.2 Å². The van der Waals surface area contributed by atoms with Crippen molar-refractivity contribution in [2.45, 2.75) is 20.0 Å². The third-order valence-corrected chi connectivity index (χ3v) is 4.12. The molecule has 134 valence electrons. The first-order valence-corrected chi connectivity index (χ1v) is 8.75. The van der Waals surface area contributed by atoms with E-state index in [0.29, 0.717) is 17.0 Å². The maximum atomic E-state index is 12.1. The van der Waals surface area contributed by atoms with Crippen molar-refractivity contribution in [2.75, 3.05) is 11.9 Å². The van der Waals surface area contributed by atoms with E-state index in [1.165, 1.54) is 0 Å². The SMILES string of the molecule is C#Cc1cccc(NC(=O)CNC(=O)C(C)Oc2ccc(C)cc2Br)c1. The Morgan fingerprint density at radius 3 is 2.73 bits per heavy atom. The van der Waals surface area contributed by atoms with Crippen molar-refractivity contribution in [1.82, 2.24) is 5.32 Å². The average Bonchev–Trinajstić information content (AvgIpc) is 2.62. The van der Waals surface area contributed by atoms with Crippen molar-refractivity contribution < 1.29 is 14.3 Å². The predicted molar refractivity (Wildman–Crippen MR) is 105 cm³/mol. The number of hydrogen-bond acceptors (Lipinski definition) is 3. The number of hydrogen-bond donors (Lipinski definition) is 2. The van der Waals surface area contributed by atoms with Gasteiger partial charge in [0.2, 0.25) is 5.91 Å². The van der Waals surface area contributed by atoms with Gasteiger partial charge in [0.1, 0.15) is 5.75 Å². The lowest BCUT2D eigenvalue weighted by molar-refractivity contribution is -0.129. The van der Waals surface area contributed by atoms with E-state index in [9.17, 15) is 9.59 Å². The molecule has 2 rings (SSSR count). The Morgan fingerprint density at radius 2 is 2.04 bits per heavy atom. The van der Waals surface area contributed by atoms with Crippen LogP contribution in [0.1, 0.15) is 18.1 Å². The fraction of sp³-hybridized carbons (Fsp3) is 0.200. The average molecular weight is 415 g/mol. The number of amides is 2. The summed E-state index contributed by atoms with van der Waals surface area (Å²) in [5.74, 6) is 2.32. The highest BCUT2D eigenvalue weighted by atomic mass is 79.9. The zero-order chi connectivity index (χ0) is 19.1. The molecular formula is C20H19BrN2O3. The molecule has 0 heterocycles. The second-order valence-corrected chi connectivity index (χ2v) is 6.54. The van der Waals surface area contributed by atoms with Crippen LogP contribution in [-0.2, 0) is 9.59 Å². The molecule has 0 bridgehead atoms. The Labute approximate surface area is 161 Å². The molecule has 0 aromatic heterocycles. The Kier molecular flexibility index (Phi) is 6.81. The number of ether oxygens (including phenoxy) is 1. The largest absolute Gasteiger partial charge is 0.480 e. The van der Waals surface area contributed by atoms with Crippen LogP contribution in [0.15, 0.2) is 46.9 Å². The highest BCUT2D eigenvalue weighted by molar-refractivity contribution is 9.10. The Bertz CT molecular complexity index is 858. The highest BCUT2D eigenvalue weighted by Gasteiger charge is 2.17. The smallest absolute Gasteiger partial charge is 0.261 e. The standard InChI is InChI=1S/C20H19BrN2O3/c1-4-15-6-5-7-16(11-15)23-19(24)12-22-20(25)14(3)26-18-9-8-13(2)10-17(18)21/h1,5-11,14H,12H2,2-3H3,(H,22,25)(H,23,24). The molecule has 0 aliphatic heterocycles. The van der Waals surface area contributed by atoms with Gasteiger partial charge in [-0.3, -0.25) is 9.59 Å². The predicted octanol–water partition coefficient (Wildman–Crippen LogP) is 3.26. The molecule has 2 amide bonds. The molecule has 2 aromatic carbocycles. The van der Waals surface area contributed by atoms with Crippen molar-refractivity contribution >= 4 is 33.4 Å². The number of aryl methyl sites for hydroxylation is 1. The number of anilines is 1. The molecule has 1 atom stereocenters. The molecule has 1 unspecified atom stereocenters. The van der Waals surface area contributed by atoms with Crippen LogP contribution in [0.5, 0.6) is 5.75 Å². The van der Waals surface area contributed by atoms with Gasteiger partial charge >= 0.3 is 0 Å². The summed E-state index contributed by atoms with van der Waals surface area (Å²) in [5, 5.41) is 5.23. The molecule has 2 aromatic rings. The van der Waals surface area contributed by atoms with Crippen LogP contribution in [0.4, 0.5) is 5.69 Å². The quantitative estimate of drug-likeness (QED) is 0.712. The summed E-state index contributed by atoms with van der Waals surface area (Å²) in [7, 11) is 0. The number of nitrogens with one attached hydrogen (secondary N) is 2. The fourth-order valence-corrected chi connectivity index (χ4v) is 2.74. The fourth-order valence-electron chi connectivity index (χ4n) is 2.15. The summed E-state index contributed by atoms with van der Waals surface area (Å²) in [6.07, 6.45) is 4.58. The number of carbonyl (C=O) groups excluding carboxylic acids is 2. The van der Waals surface area contributed by atoms with Crippen molar-refractivity contribution in [2.24, 2.45) is 0 Å². The number of rotatable bonds is 6. The summed E-state index contributed by atoms with van der Waals surface area (Å²) < 4.78 is 6.40. The zero-order valence-electron chi connectivity index (χ0n) is 14.5. The maximum absolute atomic E-state index is 12.1. The van der Waals surface area contributed by atoms with E-state index in [0.717, 1.165) is 10.0 Å². The van der Waals surface area contributed by atoms with Crippen molar-refractivity contribution in [3.8, 4) is 18.1 Å². The topological polar surface area (TPSA) is 67.4 Å². The van der Waals surface area contributed by atoms with Crippen LogP contribution < -0.4 is 15.4 Å². The van der Waals surface area contributed by atoms with Crippen LogP contribution in [0, 0.1) is 19.3 Å². The first kappa shape index (κ1) is 19.5. The third kappa shape index (κ3) is 5.64. The molecule has 26 heavy (non-hydrogen) atoms. The molecule has 0 fully saturated rings. The van der Waals surface area contributed by atoms with Crippen LogP contribution in [-0.4, -0.2) is 24.5 Å². The lowest BCUT2D eigenvalue weighted by atomic mass is 10.2. The van der Waals surface area contributed by atoms with Crippen molar-refractivity contribution in [3.05, 3.63) is 58.1 Å². The molecule has 2 N–H and O–H groups in total. The Balaban J connectivity index is 1.85. The van der Waals surface area contributed by atoms with Gasteiger partial charge in [-0.15, -0.1) is 6.42 Å².